The summed E-state index contributed by atoms with van der Waals surface area (Å²) in [6.07, 6.45) is 0. The number of pyridine rings is 1. The van der Waals surface area contributed by atoms with Gasteiger partial charge in [0.2, 0.25) is 10.0 Å². The van der Waals surface area contributed by atoms with Gasteiger partial charge in [-0.05, 0) is 31.2 Å². The number of benzene rings is 1. The average molecular weight is 347 g/mol. The number of ether oxygens (including phenoxy) is 1. The number of halogens is 2. The largest absolute Gasteiger partial charge is 0.484 e. The second kappa shape index (κ2) is 6.19. The van der Waals surface area contributed by atoms with Gasteiger partial charge in [-0.15, -0.1) is 0 Å². The van der Waals surface area contributed by atoms with Crippen LogP contribution in [0.2, 0.25) is 10.0 Å². The lowest BCUT2D eigenvalue weighted by atomic mass is 10.3. The van der Waals surface area contributed by atoms with Crippen LogP contribution in [0.15, 0.2) is 35.2 Å². The molecule has 0 aliphatic carbocycles. The molecule has 2 aromatic rings. The van der Waals surface area contributed by atoms with E-state index in [0.29, 0.717) is 5.69 Å². The molecule has 0 saturated carbocycles. The first-order valence-corrected chi connectivity index (χ1v) is 8.15. The minimum absolute atomic E-state index is 0.0687. The Morgan fingerprint density at radius 1 is 1.24 bits per heavy atom. The summed E-state index contributed by atoms with van der Waals surface area (Å²) in [7, 11) is -3.87. The Kier molecular flexibility index (Phi) is 4.73. The van der Waals surface area contributed by atoms with Crippen LogP contribution in [0.25, 0.3) is 0 Å². The van der Waals surface area contributed by atoms with Crippen molar-refractivity contribution in [2.75, 3.05) is 0 Å². The second-order valence-corrected chi connectivity index (χ2v) is 6.70. The molecule has 0 saturated heterocycles. The van der Waals surface area contributed by atoms with Gasteiger partial charge in [-0.2, -0.15) is 0 Å². The highest BCUT2D eigenvalue weighted by atomic mass is 35.5. The highest BCUT2D eigenvalue weighted by Crippen LogP contribution is 2.35. The van der Waals surface area contributed by atoms with Crippen molar-refractivity contribution >= 4 is 33.2 Å². The summed E-state index contributed by atoms with van der Waals surface area (Å²) < 4.78 is 28.1. The molecule has 2 rings (SSSR count). The lowest BCUT2D eigenvalue weighted by Crippen LogP contribution is -2.12. The molecule has 2 N–H and O–H groups in total. The van der Waals surface area contributed by atoms with Crippen LogP contribution in [0.3, 0.4) is 0 Å². The van der Waals surface area contributed by atoms with Crippen LogP contribution in [0.4, 0.5) is 0 Å². The first kappa shape index (κ1) is 16.0. The number of sulfonamides is 1. The van der Waals surface area contributed by atoms with Crippen LogP contribution >= 0.6 is 23.2 Å². The van der Waals surface area contributed by atoms with Gasteiger partial charge in [0, 0.05) is 5.69 Å². The molecule has 0 spiro atoms. The number of rotatable bonds is 4. The van der Waals surface area contributed by atoms with Gasteiger partial charge in [-0.3, -0.25) is 4.98 Å². The average Bonchev–Trinajstić information content (AvgIpc) is 2.36. The summed E-state index contributed by atoms with van der Waals surface area (Å²) in [5.74, 6) is 0.189. The summed E-state index contributed by atoms with van der Waals surface area (Å²) >= 11 is 12.0. The Morgan fingerprint density at radius 3 is 2.38 bits per heavy atom. The molecule has 0 atom stereocenters. The number of nitrogens with two attached hydrogens (primary N) is 1. The molecule has 0 aliphatic heterocycles. The molecule has 21 heavy (non-hydrogen) atoms. The van der Waals surface area contributed by atoms with E-state index in [1.807, 2.05) is 19.1 Å². The van der Waals surface area contributed by atoms with Crippen molar-refractivity contribution in [1.29, 1.82) is 0 Å². The van der Waals surface area contributed by atoms with E-state index in [9.17, 15) is 8.42 Å². The molecule has 0 aliphatic rings. The third-order valence-corrected chi connectivity index (χ3v) is 4.06. The van der Waals surface area contributed by atoms with Crippen molar-refractivity contribution in [3.63, 3.8) is 0 Å². The van der Waals surface area contributed by atoms with Crippen molar-refractivity contribution < 1.29 is 13.2 Å². The van der Waals surface area contributed by atoms with E-state index >= 15 is 0 Å². The topological polar surface area (TPSA) is 82.3 Å². The third-order valence-electron chi connectivity index (χ3n) is 2.61. The molecular weight excluding hydrogens is 335 g/mol. The van der Waals surface area contributed by atoms with Crippen molar-refractivity contribution in [3.05, 3.63) is 51.8 Å². The Hall–Kier alpha value is -1.34. The molecule has 0 amide bonds. The summed E-state index contributed by atoms with van der Waals surface area (Å²) in [6.45, 7) is 2.03. The molecule has 0 unspecified atom stereocenters. The molecule has 0 radical (unpaired) electrons. The Morgan fingerprint density at radius 2 is 1.86 bits per heavy atom. The van der Waals surface area contributed by atoms with Crippen LogP contribution < -0.4 is 9.88 Å². The van der Waals surface area contributed by atoms with E-state index in [1.54, 1.807) is 6.07 Å². The molecule has 1 aromatic carbocycles. The zero-order valence-corrected chi connectivity index (χ0v) is 13.3. The van der Waals surface area contributed by atoms with Gasteiger partial charge < -0.3 is 4.74 Å². The third kappa shape index (κ3) is 4.07. The molecule has 112 valence electrons. The van der Waals surface area contributed by atoms with Gasteiger partial charge in [0.1, 0.15) is 6.61 Å². The highest BCUT2D eigenvalue weighted by Gasteiger charge is 2.16. The van der Waals surface area contributed by atoms with Gasteiger partial charge >= 0.3 is 0 Å². The predicted molar refractivity (Wildman–Crippen MR) is 81.1 cm³/mol. The summed E-state index contributed by atoms with van der Waals surface area (Å²) in [5, 5.41) is 5.17. The van der Waals surface area contributed by atoms with E-state index in [4.69, 9.17) is 33.1 Å². The lowest BCUT2D eigenvalue weighted by Gasteiger charge is -2.11. The monoisotopic (exact) mass is 346 g/mol. The normalized spacial score (nSPS) is 11.4. The standard InChI is InChI=1S/C13H12Cl2N2O3S/c1-8-3-2-4-9(17-8)7-20-13-11(14)5-10(6-12(13)15)21(16,18)19/h2-6H,7H2,1H3,(H2,16,18,19). The number of hydrogen-bond acceptors (Lipinski definition) is 4. The fourth-order valence-corrected chi connectivity index (χ4v) is 2.95. The van der Waals surface area contributed by atoms with Crippen LogP contribution in [0, 0.1) is 6.92 Å². The number of aryl methyl sites for hydroxylation is 1. The quantitative estimate of drug-likeness (QED) is 0.922. The zero-order chi connectivity index (χ0) is 15.6. The summed E-state index contributed by atoms with van der Waals surface area (Å²) in [6, 6.07) is 7.91. The SMILES string of the molecule is Cc1cccc(COc2c(Cl)cc(S(N)(=O)=O)cc2Cl)n1. The van der Waals surface area contributed by atoms with Gasteiger partial charge in [-0.1, -0.05) is 29.3 Å². The van der Waals surface area contributed by atoms with E-state index in [-0.39, 0.29) is 27.3 Å². The number of aromatic nitrogens is 1. The van der Waals surface area contributed by atoms with Gasteiger partial charge in [0.15, 0.2) is 5.75 Å². The number of nitrogens with zero attached hydrogens (tertiary/aromatic N) is 1. The summed E-state index contributed by atoms with van der Waals surface area (Å²) in [4.78, 5) is 4.11. The minimum atomic E-state index is -3.87. The molecule has 1 heterocycles. The van der Waals surface area contributed by atoms with Crippen molar-refractivity contribution in [1.82, 2.24) is 4.98 Å². The smallest absolute Gasteiger partial charge is 0.238 e. The van der Waals surface area contributed by atoms with Crippen molar-refractivity contribution in [3.8, 4) is 5.75 Å². The summed E-state index contributed by atoms with van der Waals surface area (Å²) in [5.41, 5.74) is 1.57. The molecule has 5 nitrogen and oxygen atoms in total. The maximum Gasteiger partial charge on any atom is 0.238 e. The van der Waals surface area contributed by atoms with E-state index in [1.165, 1.54) is 12.1 Å². The zero-order valence-electron chi connectivity index (χ0n) is 11.0. The maximum absolute atomic E-state index is 11.3. The van der Waals surface area contributed by atoms with Crippen LogP contribution in [0.5, 0.6) is 5.75 Å². The van der Waals surface area contributed by atoms with E-state index < -0.39 is 10.0 Å². The highest BCUT2D eigenvalue weighted by molar-refractivity contribution is 7.89. The Bertz CT molecular complexity index is 756. The lowest BCUT2D eigenvalue weighted by molar-refractivity contribution is 0.301. The van der Waals surface area contributed by atoms with Crippen LogP contribution in [-0.2, 0) is 16.6 Å². The molecule has 0 fully saturated rings. The minimum Gasteiger partial charge on any atom is -0.484 e. The van der Waals surface area contributed by atoms with Gasteiger partial charge in [0.05, 0.1) is 20.6 Å². The van der Waals surface area contributed by atoms with Crippen molar-refractivity contribution in [2.24, 2.45) is 5.14 Å². The van der Waals surface area contributed by atoms with Crippen LogP contribution in [-0.4, -0.2) is 13.4 Å². The Balaban J connectivity index is 2.25. The molecule has 0 bridgehead atoms. The van der Waals surface area contributed by atoms with Crippen LogP contribution in [0.1, 0.15) is 11.4 Å². The van der Waals surface area contributed by atoms with Gasteiger partial charge in [-0.25, -0.2) is 13.6 Å². The second-order valence-electron chi connectivity index (χ2n) is 4.32. The number of hydrogen-bond donors (Lipinski definition) is 1. The first-order valence-electron chi connectivity index (χ1n) is 5.84. The molecule has 8 heteroatoms. The predicted octanol–water partition coefficient (Wildman–Crippen LogP) is 2.92. The maximum atomic E-state index is 11.3. The van der Waals surface area contributed by atoms with E-state index in [0.717, 1.165) is 5.69 Å². The number of primary sulfonamides is 1. The molecule has 1 aromatic heterocycles. The fraction of sp³-hybridized carbons (Fsp3) is 0.154. The fourth-order valence-electron chi connectivity index (χ4n) is 1.66. The van der Waals surface area contributed by atoms with E-state index in [2.05, 4.69) is 4.98 Å². The molecular formula is C13H12Cl2N2O3S. The van der Waals surface area contributed by atoms with Crippen molar-refractivity contribution in [2.45, 2.75) is 18.4 Å². The van der Waals surface area contributed by atoms with Gasteiger partial charge in [0.25, 0.3) is 0 Å². The first-order chi connectivity index (χ1) is 9.77. The Labute approximate surface area is 132 Å².